The molecular weight excluding hydrogens is 248 g/mol. The predicted molar refractivity (Wildman–Crippen MR) is 53.4 cm³/mol. The third-order valence-corrected chi connectivity index (χ3v) is 2.39. The van der Waals surface area contributed by atoms with E-state index in [-0.39, 0.29) is 0 Å². The first-order chi connectivity index (χ1) is 6.81. The molecule has 72 valence electrons. The SMILES string of the molecule is COc1ccc(-n2cnnn2)c(Br)c1. The molecule has 6 heteroatoms. The lowest BCUT2D eigenvalue weighted by atomic mass is 10.3. The summed E-state index contributed by atoms with van der Waals surface area (Å²) in [7, 11) is 1.62. The lowest BCUT2D eigenvalue weighted by Crippen LogP contribution is -1.96. The van der Waals surface area contributed by atoms with Gasteiger partial charge in [0.2, 0.25) is 0 Å². The second-order valence-corrected chi connectivity index (χ2v) is 3.43. The minimum atomic E-state index is 0.786. The number of halogens is 1. The van der Waals surface area contributed by atoms with E-state index in [2.05, 4.69) is 31.5 Å². The number of aromatic nitrogens is 4. The Morgan fingerprint density at radius 2 is 2.29 bits per heavy atom. The van der Waals surface area contributed by atoms with Crippen LogP contribution in [0.2, 0.25) is 0 Å². The first-order valence-corrected chi connectivity index (χ1v) is 4.67. The van der Waals surface area contributed by atoms with E-state index in [1.165, 1.54) is 6.33 Å². The van der Waals surface area contributed by atoms with Crippen LogP contribution in [0.25, 0.3) is 5.69 Å². The maximum absolute atomic E-state index is 5.08. The predicted octanol–water partition coefficient (Wildman–Crippen LogP) is 1.43. The fraction of sp³-hybridized carbons (Fsp3) is 0.125. The molecule has 1 heterocycles. The average molecular weight is 255 g/mol. The van der Waals surface area contributed by atoms with Crippen LogP contribution in [0.1, 0.15) is 0 Å². The molecule has 1 aromatic heterocycles. The van der Waals surface area contributed by atoms with Gasteiger partial charge in [-0.15, -0.1) is 5.10 Å². The molecule has 0 atom stereocenters. The lowest BCUT2D eigenvalue weighted by molar-refractivity contribution is 0.414. The Bertz CT molecular complexity index is 429. The summed E-state index contributed by atoms with van der Waals surface area (Å²) in [6.07, 6.45) is 1.53. The minimum Gasteiger partial charge on any atom is -0.497 e. The number of methoxy groups -OCH3 is 1. The van der Waals surface area contributed by atoms with Crippen LogP contribution in [0.15, 0.2) is 29.0 Å². The highest BCUT2D eigenvalue weighted by Crippen LogP contribution is 2.24. The zero-order valence-corrected chi connectivity index (χ0v) is 8.97. The van der Waals surface area contributed by atoms with Gasteiger partial charge in [0.1, 0.15) is 12.1 Å². The van der Waals surface area contributed by atoms with Crippen LogP contribution in [-0.2, 0) is 0 Å². The molecule has 0 aliphatic carbocycles. The van der Waals surface area contributed by atoms with Gasteiger partial charge in [-0.3, -0.25) is 0 Å². The molecule has 0 unspecified atom stereocenters. The fourth-order valence-electron chi connectivity index (χ4n) is 1.07. The summed E-state index contributed by atoms with van der Waals surface area (Å²) in [6.45, 7) is 0. The van der Waals surface area contributed by atoms with Crippen LogP contribution in [0.5, 0.6) is 5.75 Å². The summed E-state index contributed by atoms with van der Waals surface area (Å²) >= 11 is 3.41. The molecule has 5 nitrogen and oxygen atoms in total. The Balaban J connectivity index is 2.46. The first kappa shape index (κ1) is 9.14. The van der Waals surface area contributed by atoms with Crippen molar-refractivity contribution in [3.05, 3.63) is 29.0 Å². The molecule has 0 N–H and O–H groups in total. The van der Waals surface area contributed by atoms with Crippen molar-refractivity contribution in [2.45, 2.75) is 0 Å². The van der Waals surface area contributed by atoms with Crippen LogP contribution in [0.4, 0.5) is 0 Å². The molecule has 0 saturated heterocycles. The van der Waals surface area contributed by atoms with Gasteiger partial charge in [-0.05, 0) is 44.6 Å². The van der Waals surface area contributed by atoms with Crippen molar-refractivity contribution >= 4 is 15.9 Å². The normalized spacial score (nSPS) is 10.1. The van der Waals surface area contributed by atoms with Gasteiger partial charge < -0.3 is 4.74 Å². The number of hydrogen-bond acceptors (Lipinski definition) is 4. The minimum absolute atomic E-state index is 0.786. The Morgan fingerprint density at radius 1 is 1.43 bits per heavy atom. The molecular formula is C8H7BrN4O. The molecule has 0 amide bonds. The van der Waals surface area contributed by atoms with Gasteiger partial charge in [0.25, 0.3) is 0 Å². The van der Waals surface area contributed by atoms with Gasteiger partial charge >= 0.3 is 0 Å². The zero-order chi connectivity index (χ0) is 9.97. The maximum atomic E-state index is 5.08. The summed E-state index contributed by atoms with van der Waals surface area (Å²) in [6, 6.07) is 5.58. The van der Waals surface area contributed by atoms with E-state index >= 15 is 0 Å². The Morgan fingerprint density at radius 3 is 2.86 bits per heavy atom. The number of rotatable bonds is 2. The molecule has 0 spiro atoms. The Hall–Kier alpha value is -1.43. The van der Waals surface area contributed by atoms with Crippen LogP contribution in [-0.4, -0.2) is 27.3 Å². The van der Waals surface area contributed by atoms with E-state index in [0.717, 1.165) is 15.9 Å². The Labute approximate surface area is 88.8 Å². The largest absolute Gasteiger partial charge is 0.497 e. The van der Waals surface area contributed by atoms with Crippen molar-refractivity contribution in [1.29, 1.82) is 0 Å². The van der Waals surface area contributed by atoms with E-state index in [1.54, 1.807) is 11.8 Å². The fourth-order valence-corrected chi connectivity index (χ4v) is 1.61. The molecule has 1 aromatic carbocycles. The second kappa shape index (κ2) is 3.75. The molecule has 0 fully saturated rings. The molecule has 2 aromatic rings. The summed E-state index contributed by atoms with van der Waals surface area (Å²) < 4.78 is 7.53. The van der Waals surface area contributed by atoms with Gasteiger partial charge in [-0.2, -0.15) is 4.68 Å². The summed E-state index contributed by atoms with van der Waals surface area (Å²) in [5, 5.41) is 10.9. The van der Waals surface area contributed by atoms with Gasteiger partial charge in [-0.25, -0.2) is 0 Å². The van der Waals surface area contributed by atoms with Crippen molar-refractivity contribution in [1.82, 2.24) is 20.2 Å². The topological polar surface area (TPSA) is 52.8 Å². The van der Waals surface area contributed by atoms with Crippen molar-refractivity contribution < 1.29 is 4.74 Å². The summed E-state index contributed by atoms with van der Waals surface area (Å²) in [5.74, 6) is 0.786. The lowest BCUT2D eigenvalue weighted by Gasteiger charge is -2.04. The highest BCUT2D eigenvalue weighted by Gasteiger charge is 2.04. The van der Waals surface area contributed by atoms with Crippen LogP contribution in [0.3, 0.4) is 0 Å². The maximum Gasteiger partial charge on any atom is 0.143 e. The monoisotopic (exact) mass is 254 g/mol. The number of tetrazole rings is 1. The quantitative estimate of drug-likeness (QED) is 0.814. The molecule has 14 heavy (non-hydrogen) atoms. The zero-order valence-electron chi connectivity index (χ0n) is 7.38. The van der Waals surface area contributed by atoms with E-state index < -0.39 is 0 Å². The molecule has 0 radical (unpaired) electrons. The van der Waals surface area contributed by atoms with Crippen LogP contribution < -0.4 is 4.74 Å². The highest BCUT2D eigenvalue weighted by molar-refractivity contribution is 9.10. The van der Waals surface area contributed by atoms with Crippen LogP contribution >= 0.6 is 15.9 Å². The van der Waals surface area contributed by atoms with E-state index in [9.17, 15) is 0 Å². The standard InChI is InChI=1S/C8H7BrN4O/c1-14-6-2-3-8(7(9)4-6)13-5-10-11-12-13/h2-5H,1H3. The number of hydrogen-bond donors (Lipinski definition) is 0. The first-order valence-electron chi connectivity index (χ1n) is 3.88. The number of nitrogens with zero attached hydrogens (tertiary/aromatic N) is 4. The van der Waals surface area contributed by atoms with Gasteiger partial charge in [-0.1, -0.05) is 0 Å². The molecule has 0 aliphatic heterocycles. The third kappa shape index (κ3) is 1.60. The van der Waals surface area contributed by atoms with Gasteiger partial charge in [0.05, 0.1) is 12.8 Å². The van der Waals surface area contributed by atoms with E-state index in [1.807, 2.05) is 18.2 Å². The van der Waals surface area contributed by atoms with Crippen LogP contribution in [0, 0.1) is 0 Å². The number of benzene rings is 1. The van der Waals surface area contributed by atoms with Gasteiger partial charge in [0.15, 0.2) is 0 Å². The van der Waals surface area contributed by atoms with Crippen molar-refractivity contribution in [3.8, 4) is 11.4 Å². The van der Waals surface area contributed by atoms with Crippen molar-refractivity contribution in [2.24, 2.45) is 0 Å². The summed E-state index contributed by atoms with van der Waals surface area (Å²) in [4.78, 5) is 0. The smallest absolute Gasteiger partial charge is 0.143 e. The molecule has 0 saturated carbocycles. The molecule has 0 aliphatic rings. The number of ether oxygens (including phenoxy) is 1. The molecule has 2 rings (SSSR count). The van der Waals surface area contributed by atoms with Gasteiger partial charge in [0, 0.05) is 4.47 Å². The van der Waals surface area contributed by atoms with E-state index in [0.29, 0.717) is 0 Å². The van der Waals surface area contributed by atoms with Crippen molar-refractivity contribution in [3.63, 3.8) is 0 Å². The Kier molecular flexibility index (Phi) is 2.45. The third-order valence-electron chi connectivity index (χ3n) is 1.75. The van der Waals surface area contributed by atoms with E-state index in [4.69, 9.17) is 4.74 Å². The highest BCUT2D eigenvalue weighted by atomic mass is 79.9. The second-order valence-electron chi connectivity index (χ2n) is 2.57. The van der Waals surface area contributed by atoms with Crippen molar-refractivity contribution in [2.75, 3.05) is 7.11 Å². The average Bonchev–Trinajstić information content (AvgIpc) is 2.70. The molecule has 0 bridgehead atoms. The summed E-state index contributed by atoms with van der Waals surface area (Å²) in [5.41, 5.74) is 0.871.